The smallest absolute Gasteiger partial charge is 0.310 e. The van der Waals surface area contributed by atoms with Crippen molar-refractivity contribution >= 4 is 5.97 Å². The molecule has 20 heavy (non-hydrogen) atoms. The SMILES string of the molecule is CCOC(=O)[C@@H]1CCCCC1N[C@H](C)c1ccccc1. The highest BCUT2D eigenvalue weighted by atomic mass is 16.5. The molecule has 1 saturated carbocycles. The standard InChI is InChI=1S/C17H25NO2/c1-3-20-17(19)15-11-7-8-12-16(15)18-13(2)14-9-5-4-6-10-14/h4-6,9-10,13,15-16,18H,3,7-8,11-12H2,1-2H3/t13-,15-,16?/m1/s1. The molecule has 1 aromatic rings. The molecule has 3 nitrogen and oxygen atoms in total. The van der Waals surface area contributed by atoms with Gasteiger partial charge in [0.25, 0.3) is 0 Å². The van der Waals surface area contributed by atoms with E-state index in [-0.39, 0.29) is 24.0 Å². The molecule has 0 amide bonds. The Morgan fingerprint density at radius 1 is 1.30 bits per heavy atom. The van der Waals surface area contributed by atoms with Crippen molar-refractivity contribution in [1.82, 2.24) is 5.32 Å². The predicted octanol–water partition coefficient (Wildman–Crippen LogP) is 3.46. The lowest BCUT2D eigenvalue weighted by atomic mass is 9.84. The monoisotopic (exact) mass is 275 g/mol. The van der Waals surface area contributed by atoms with Crippen LogP contribution < -0.4 is 5.32 Å². The molecule has 1 aliphatic carbocycles. The molecule has 1 N–H and O–H groups in total. The number of hydrogen-bond acceptors (Lipinski definition) is 3. The maximum Gasteiger partial charge on any atom is 0.310 e. The van der Waals surface area contributed by atoms with Crippen LogP contribution in [0.2, 0.25) is 0 Å². The van der Waals surface area contributed by atoms with Crippen LogP contribution in [0.3, 0.4) is 0 Å². The Morgan fingerprint density at radius 3 is 2.70 bits per heavy atom. The van der Waals surface area contributed by atoms with E-state index in [0.29, 0.717) is 6.61 Å². The van der Waals surface area contributed by atoms with Gasteiger partial charge in [0, 0.05) is 12.1 Å². The molecule has 1 unspecified atom stereocenters. The molecular formula is C17H25NO2. The average molecular weight is 275 g/mol. The second-order valence-corrected chi connectivity index (χ2v) is 5.55. The summed E-state index contributed by atoms with van der Waals surface area (Å²) in [4.78, 5) is 12.1. The minimum atomic E-state index is -0.0371. The summed E-state index contributed by atoms with van der Waals surface area (Å²) in [5.74, 6) is -0.0279. The van der Waals surface area contributed by atoms with Crippen LogP contribution in [-0.2, 0) is 9.53 Å². The first-order chi connectivity index (χ1) is 9.72. The fourth-order valence-electron chi connectivity index (χ4n) is 3.02. The number of carbonyl (C=O) groups is 1. The number of benzene rings is 1. The summed E-state index contributed by atoms with van der Waals surface area (Å²) in [6.45, 7) is 4.50. The summed E-state index contributed by atoms with van der Waals surface area (Å²) < 4.78 is 5.22. The Morgan fingerprint density at radius 2 is 2.00 bits per heavy atom. The van der Waals surface area contributed by atoms with Gasteiger partial charge in [-0.25, -0.2) is 0 Å². The van der Waals surface area contributed by atoms with E-state index >= 15 is 0 Å². The Bertz CT molecular complexity index is 418. The van der Waals surface area contributed by atoms with Crippen molar-refractivity contribution in [1.29, 1.82) is 0 Å². The van der Waals surface area contributed by atoms with Crippen molar-refractivity contribution in [2.45, 2.75) is 51.6 Å². The normalized spacial score (nSPS) is 24.1. The number of esters is 1. The van der Waals surface area contributed by atoms with Crippen LogP contribution in [0.4, 0.5) is 0 Å². The van der Waals surface area contributed by atoms with Gasteiger partial charge < -0.3 is 10.1 Å². The zero-order valence-electron chi connectivity index (χ0n) is 12.5. The zero-order valence-corrected chi connectivity index (χ0v) is 12.5. The molecule has 1 aliphatic rings. The summed E-state index contributed by atoms with van der Waals surface area (Å²) in [5, 5.41) is 3.62. The van der Waals surface area contributed by atoms with E-state index in [0.717, 1.165) is 19.3 Å². The molecule has 0 radical (unpaired) electrons. The summed E-state index contributed by atoms with van der Waals surface area (Å²) in [5.41, 5.74) is 1.26. The van der Waals surface area contributed by atoms with Gasteiger partial charge in [0.05, 0.1) is 12.5 Å². The van der Waals surface area contributed by atoms with Crippen LogP contribution in [0.25, 0.3) is 0 Å². The van der Waals surface area contributed by atoms with Gasteiger partial charge in [0.1, 0.15) is 0 Å². The van der Waals surface area contributed by atoms with Gasteiger partial charge in [-0.1, -0.05) is 43.2 Å². The van der Waals surface area contributed by atoms with E-state index in [1.807, 2.05) is 13.0 Å². The van der Waals surface area contributed by atoms with E-state index in [1.54, 1.807) is 0 Å². The Labute approximate surface area is 121 Å². The molecule has 0 aliphatic heterocycles. The van der Waals surface area contributed by atoms with Gasteiger partial charge in [-0.05, 0) is 32.3 Å². The molecule has 0 saturated heterocycles. The zero-order chi connectivity index (χ0) is 14.4. The van der Waals surface area contributed by atoms with Crippen LogP contribution in [0, 0.1) is 5.92 Å². The first-order valence-corrected chi connectivity index (χ1v) is 7.70. The lowest BCUT2D eigenvalue weighted by molar-refractivity contribution is -0.150. The summed E-state index contributed by atoms with van der Waals surface area (Å²) >= 11 is 0. The number of ether oxygens (including phenoxy) is 1. The molecule has 110 valence electrons. The van der Waals surface area contributed by atoms with E-state index in [9.17, 15) is 4.79 Å². The Kier molecular flexibility index (Phi) is 5.60. The Hall–Kier alpha value is -1.35. The van der Waals surface area contributed by atoms with Gasteiger partial charge in [-0.15, -0.1) is 0 Å². The lowest BCUT2D eigenvalue weighted by Crippen LogP contribution is -2.43. The van der Waals surface area contributed by atoms with Gasteiger partial charge in [0.2, 0.25) is 0 Å². The largest absolute Gasteiger partial charge is 0.466 e. The molecule has 0 aromatic heterocycles. The van der Waals surface area contributed by atoms with Crippen molar-refractivity contribution in [3.63, 3.8) is 0 Å². The van der Waals surface area contributed by atoms with Crippen LogP contribution >= 0.6 is 0 Å². The van der Waals surface area contributed by atoms with Crippen LogP contribution in [0.5, 0.6) is 0 Å². The second-order valence-electron chi connectivity index (χ2n) is 5.55. The second kappa shape index (κ2) is 7.44. The van der Waals surface area contributed by atoms with Crippen LogP contribution in [0.15, 0.2) is 30.3 Å². The number of carbonyl (C=O) groups excluding carboxylic acids is 1. The molecule has 1 aromatic carbocycles. The molecule has 0 heterocycles. The summed E-state index contributed by atoms with van der Waals surface area (Å²) in [6, 6.07) is 10.9. The van der Waals surface area contributed by atoms with E-state index < -0.39 is 0 Å². The van der Waals surface area contributed by atoms with Crippen molar-refractivity contribution in [2.24, 2.45) is 5.92 Å². The minimum absolute atomic E-state index is 0.00913. The highest BCUT2D eigenvalue weighted by Gasteiger charge is 2.32. The van der Waals surface area contributed by atoms with Gasteiger partial charge in [-0.3, -0.25) is 4.79 Å². The third kappa shape index (κ3) is 3.83. The summed E-state index contributed by atoms with van der Waals surface area (Å²) in [7, 11) is 0. The highest BCUT2D eigenvalue weighted by molar-refractivity contribution is 5.73. The fourth-order valence-corrected chi connectivity index (χ4v) is 3.02. The molecule has 1 fully saturated rings. The highest BCUT2D eigenvalue weighted by Crippen LogP contribution is 2.27. The third-order valence-corrected chi connectivity index (χ3v) is 4.12. The van der Waals surface area contributed by atoms with Crippen LogP contribution in [0.1, 0.15) is 51.1 Å². The molecule has 3 heteroatoms. The molecular weight excluding hydrogens is 250 g/mol. The summed E-state index contributed by atoms with van der Waals surface area (Å²) in [6.07, 6.45) is 4.31. The van der Waals surface area contributed by atoms with Gasteiger partial charge in [0.15, 0.2) is 0 Å². The van der Waals surface area contributed by atoms with Gasteiger partial charge in [-0.2, -0.15) is 0 Å². The topological polar surface area (TPSA) is 38.3 Å². The average Bonchev–Trinajstić information content (AvgIpc) is 2.49. The maximum atomic E-state index is 12.1. The Balaban J connectivity index is 2.00. The lowest BCUT2D eigenvalue weighted by Gasteiger charge is -2.33. The van der Waals surface area contributed by atoms with Crippen molar-refractivity contribution in [2.75, 3.05) is 6.61 Å². The number of hydrogen-bond donors (Lipinski definition) is 1. The minimum Gasteiger partial charge on any atom is -0.466 e. The predicted molar refractivity (Wildman–Crippen MR) is 80.4 cm³/mol. The number of nitrogens with one attached hydrogen (secondary N) is 1. The van der Waals surface area contributed by atoms with Crippen molar-refractivity contribution < 1.29 is 9.53 Å². The quantitative estimate of drug-likeness (QED) is 0.836. The maximum absolute atomic E-state index is 12.1. The number of rotatable bonds is 5. The van der Waals surface area contributed by atoms with E-state index in [1.165, 1.54) is 12.0 Å². The molecule has 0 bridgehead atoms. The molecule has 3 atom stereocenters. The van der Waals surface area contributed by atoms with Gasteiger partial charge >= 0.3 is 5.97 Å². The van der Waals surface area contributed by atoms with E-state index in [4.69, 9.17) is 4.74 Å². The third-order valence-electron chi connectivity index (χ3n) is 4.12. The first kappa shape index (κ1) is 15.0. The molecule has 0 spiro atoms. The van der Waals surface area contributed by atoms with Crippen molar-refractivity contribution in [3.05, 3.63) is 35.9 Å². The first-order valence-electron chi connectivity index (χ1n) is 7.70. The van der Waals surface area contributed by atoms with Crippen LogP contribution in [-0.4, -0.2) is 18.6 Å². The fraction of sp³-hybridized carbons (Fsp3) is 0.588. The molecule has 2 rings (SSSR count). The van der Waals surface area contributed by atoms with E-state index in [2.05, 4.69) is 36.5 Å². The van der Waals surface area contributed by atoms with Crippen molar-refractivity contribution in [3.8, 4) is 0 Å².